The van der Waals surface area contributed by atoms with E-state index in [1.807, 2.05) is 38.1 Å². The highest BCUT2D eigenvalue weighted by Gasteiger charge is 2.16. The molecule has 1 aliphatic heterocycles. The SMILES string of the molecule is CCN1CCN(c2ccc(NC(=O)COc3c(C)cc(C)cc3Cl)cc2)CC1. The molecule has 0 atom stereocenters. The van der Waals surface area contributed by atoms with Crippen molar-refractivity contribution >= 4 is 28.9 Å². The van der Waals surface area contributed by atoms with Crippen molar-refractivity contribution in [3.8, 4) is 5.75 Å². The van der Waals surface area contributed by atoms with Crippen LogP contribution in [0.3, 0.4) is 0 Å². The van der Waals surface area contributed by atoms with Crippen molar-refractivity contribution in [3.05, 3.63) is 52.5 Å². The Morgan fingerprint density at radius 1 is 1.11 bits per heavy atom. The number of carbonyl (C=O) groups is 1. The number of benzene rings is 2. The molecule has 150 valence electrons. The molecule has 0 unspecified atom stereocenters. The molecule has 5 nitrogen and oxygen atoms in total. The van der Waals surface area contributed by atoms with Crippen LogP contribution in [0, 0.1) is 13.8 Å². The highest BCUT2D eigenvalue weighted by atomic mass is 35.5. The van der Waals surface area contributed by atoms with Gasteiger partial charge in [0.1, 0.15) is 5.75 Å². The second-order valence-electron chi connectivity index (χ2n) is 7.20. The molecule has 0 aromatic heterocycles. The number of hydrogen-bond donors (Lipinski definition) is 1. The zero-order valence-electron chi connectivity index (χ0n) is 16.8. The number of amides is 1. The Balaban J connectivity index is 1.52. The van der Waals surface area contributed by atoms with Gasteiger partial charge in [-0.15, -0.1) is 0 Å². The van der Waals surface area contributed by atoms with Crippen molar-refractivity contribution < 1.29 is 9.53 Å². The van der Waals surface area contributed by atoms with Crippen LogP contribution in [0.25, 0.3) is 0 Å². The summed E-state index contributed by atoms with van der Waals surface area (Å²) in [6, 6.07) is 11.8. The van der Waals surface area contributed by atoms with Crippen molar-refractivity contribution in [3.63, 3.8) is 0 Å². The van der Waals surface area contributed by atoms with Gasteiger partial charge in [-0.05, 0) is 61.9 Å². The Labute approximate surface area is 172 Å². The molecule has 0 spiro atoms. The minimum atomic E-state index is -0.208. The molecule has 1 amide bonds. The highest BCUT2D eigenvalue weighted by molar-refractivity contribution is 6.32. The average molecular weight is 402 g/mol. The molecule has 0 saturated carbocycles. The first-order valence-corrected chi connectivity index (χ1v) is 10.1. The number of carbonyl (C=O) groups excluding carboxylic acids is 1. The lowest BCUT2D eigenvalue weighted by Gasteiger charge is -2.35. The summed E-state index contributed by atoms with van der Waals surface area (Å²) in [6.45, 7) is 11.4. The van der Waals surface area contributed by atoms with E-state index in [2.05, 4.69) is 34.2 Å². The van der Waals surface area contributed by atoms with Gasteiger partial charge >= 0.3 is 0 Å². The van der Waals surface area contributed by atoms with E-state index in [4.69, 9.17) is 16.3 Å². The topological polar surface area (TPSA) is 44.8 Å². The Hall–Kier alpha value is -2.24. The number of nitrogens with zero attached hydrogens (tertiary/aromatic N) is 2. The van der Waals surface area contributed by atoms with Crippen LogP contribution >= 0.6 is 11.6 Å². The van der Waals surface area contributed by atoms with E-state index < -0.39 is 0 Å². The molecule has 1 N–H and O–H groups in total. The molecule has 6 heteroatoms. The van der Waals surface area contributed by atoms with Crippen LogP contribution in [0.1, 0.15) is 18.1 Å². The molecule has 1 fully saturated rings. The number of aryl methyl sites for hydroxylation is 2. The number of rotatable bonds is 6. The molecular weight excluding hydrogens is 374 g/mol. The first-order chi connectivity index (χ1) is 13.5. The van der Waals surface area contributed by atoms with Crippen LogP contribution < -0.4 is 15.0 Å². The van der Waals surface area contributed by atoms with Gasteiger partial charge in [0.25, 0.3) is 5.91 Å². The summed E-state index contributed by atoms with van der Waals surface area (Å²) in [6.07, 6.45) is 0. The fourth-order valence-electron chi connectivity index (χ4n) is 3.50. The van der Waals surface area contributed by atoms with Crippen LogP contribution in [0.15, 0.2) is 36.4 Å². The molecule has 1 saturated heterocycles. The van der Waals surface area contributed by atoms with Crippen LogP contribution in [0.5, 0.6) is 5.75 Å². The largest absolute Gasteiger partial charge is 0.482 e. The van der Waals surface area contributed by atoms with Crippen molar-refractivity contribution in [1.82, 2.24) is 4.90 Å². The van der Waals surface area contributed by atoms with E-state index in [0.717, 1.165) is 49.5 Å². The molecule has 1 heterocycles. The summed E-state index contributed by atoms with van der Waals surface area (Å²) in [5.74, 6) is 0.351. The number of halogens is 1. The second-order valence-corrected chi connectivity index (χ2v) is 7.61. The Morgan fingerprint density at radius 3 is 2.39 bits per heavy atom. The van der Waals surface area contributed by atoms with Gasteiger partial charge in [-0.25, -0.2) is 0 Å². The fourth-order valence-corrected chi connectivity index (χ4v) is 3.87. The van der Waals surface area contributed by atoms with Crippen molar-refractivity contribution in [1.29, 1.82) is 0 Å². The van der Waals surface area contributed by atoms with E-state index in [-0.39, 0.29) is 12.5 Å². The van der Waals surface area contributed by atoms with Gasteiger partial charge in [0, 0.05) is 37.6 Å². The van der Waals surface area contributed by atoms with E-state index in [1.54, 1.807) is 0 Å². The van der Waals surface area contributed by atoms with Crippen LogP contribution in [0.2, 0.25) is 5.02 Å². The smallest absolute Gasteiger partial charge is 0.262 e. The zero-order chi connectivity index (χ0) is 20.1. The first-order valence-electron chi connectivity index (χ1n) is 9.73. The van der Waals surface area contributed by atoms with Crippen molar-refractivity contribution in [2.24, 2.45) is 0 Å². The summed E-state index contributed by atoms with van der Waals surface area (Å²) in [7, 11) is 0. The summed E-state index contributed by atoms with van der Waals surface area (Å²) < 4.78 is 5.64. The molecule has 0 aliphatic carbocycles. The molecule has 3 rings (SSSR count). The van der Waals surface area contributed by atoms with Gasteiger partial charge in [-0.2, -0.15) is 0 Å². The lowest BCUT2D eigenvalue weighted by molar-refractivity contribution is -0.118. The first kappa shape index (κ1) is 20.5. The third-order valence-electron chi connectivity index (χ3n) is 5.06. The lowest BCUT2D eigenvalue weighted by atomic mass is 10.1. The van der Waals surface area contributed by atoms with E-state index >= 15 is 0 Å². The summed E-state index contributed by atoms with van der Waals surface area (Å²) in [5, 5.41) is 3.40. The number of piperazine rings is 1. The Kier molecular flexibility index (Phi) is 6.81. The minimum absolute atomic E-state index is 0.0790. The maximum absolute atomic E-state index is 12.2. The van der Waals surface area contributed by atoms with Crippen molar-refractivity contribution in [2.45, 2.75) is 20.8 Å². The number of anilines is 2. The quantitative estimate of drug-likeness (QED) is 0.790. The fraction of sp³-hybridized carbons (Fsp3) is 0.409. The normalized spacial score (nSPS) is 14.8. The molecule has 0 bridgehead atoms. The summed E-state index contributed by atoms with van der Waals surface area (Å²) in [5.41, 5.74) is 3.93. The highest BCUT2D eigenvalue weighted by Crippen LogP contribution is 2.29. The van der Waals surface area contributed by atoms with Gasteiger partial charge < -0.3 is 19.9 Å². The third-order valence-corrected chi connectivity index (χ3v) is 5.34. The maximum atomic E-state index is 12.2. The third kappa shape index (κ3) is 5.18. The standard InChI is InChI=1S/C22H28ClN3O2/c1-4-25-9-11-26(12-10-25)19-7-5-18(6-8-19)24-21(27)15-28-22-17(3)13-16(2)14-20(22)23/h5-8,13-14H,4,9-12,15H2,1-3H3,(H,24,27). The van der Waals surface area contributed by atoms with Crippen LogP contribution in [-0.4, -0.2) is 50.1 Å². The number of hydrogen-bond acceptors (Lipinski definition) is 4. The average Bonchev–Trinajstić information content (AvgIpc) is 2.68. The van der Waals surface area contributed by atoms with Gasteiger partial charge in [0.2, 0.25) is 0 Å². The van der Waals surface area contributed by atoms with E-state index in [9.17, 15) is 4.79 Å². The molecular formula is C22H28ClN3O2. The summed E-state index contributed by atoms with van der Waals surface area (Å²) in [4.78, 5) is 17.1. The van der Waals surface area contributed by atoms with Gasteiger partial charge in [0.05, 0.1) is 5.02 Å². The molecule has 0 radical (unpaired) electrons. The second kappa shape index (κ2) is 9.30. The van der Waals surface area contributed by atoms with Gasteiger partial charge in [0.15, 0.2) is 6.61 Å². The van der Waals surface area contributed by atoms with Gasteiger partial charge in [-0.3, -0.25) is 4.79 Å². The number of ether oxygens (including phenoxy) is 1. The monoisotopic (exact) mass is 401 g/mol. The van der Waals surface area contributed by atoms with E-state index in [1.165, 1.54) is 5.69 Å². The van der Waals surface area contributed by atoms with Crippen LogP contribution in [-0.2, 0) is 4.79 Å². The number of nitrogens with one attached hydrogen (secondary N) is 1. The van der Waals surface area contributed by atoms with E-state index in [0.29, 0.717) is 10.8 Å². The summed E-state index contributed by atoms with van der Waals surface area (Å²) >= 11 is 6.22. The maximum Gasteiger partial charge on any atom is 0.262 e. The predicted octanol–water partition coefficient (Wildman–Crippen LogP) is 4.12. The van der Waals surface area contributed by atoms with Gasteiger partial charge in [-0.1, -0.05) is 24.6 Å². The lowest BCUT2D eigenvalue weighted by Crippen LogP contribution is -2.46. The predicted molar refractivity (Wildman–Crippen MR) is 116 cm³/mol. The van der Waals surface area contributed by atoms with Crippen molar-refractivity contribution in [2.75, 3.05) is 49.5 Å². The Morgan fingerprint density at radius 2 is 1.79 bits per heavy atom. The Bertz CT molecular complexity index is 792. The molecule has 28 heavy (non-hydrogen) atoms. The minimum Gasteiger partial charge on any atom is -0.482 e. The molecule has 1 aliphatic rings. The molecule has 2 aromatic rings. The number of likely N-dealkylation sites (N-methyl/N-ethyl adjacent to an activating group) is 1. The molecule has 2 aromatic carbocycles. The van der Waals surface area contributed by atoms with Crippen LogP contribution in [0.4, 0.5) is 11.4 Å². The zero-order valence-corrected chi connectivity index (χ0v) is 17.6.